The third-order valence-corrected chi connectivity index (χ3v) is 3.27. The number of imidazole rings is 1. The number of nitrogens with zero attached hydrogens (tertiary/aromatic N) is 2. The summed E-state index contributed by atoms with van der Waals surface area (Å²) in [7, 11) is 0. The minimum absolute atomic E-state index is 0.628. The second-order valence-electron chi connectivity index (χ2n) is 4.33. The Morgan fingerprint density at radius 2 is 2.31 bits per heavy atom. The molecule has 4 heteroatoms. The molecule has 16 heavy (non-hydrogen) atoms. The third kappa shape index (κ3) is 1.60. The van der Waals surface area contributed by atoms with Crippen LogP contribution in [0.1, 0.15) is 30.3 Å². The lowest BCUT2D eigenvalue weighted by Crippen LogP contribution is -2.03. The summed E-state index contributed by atoms with van der Waals surface area (Å²) in [6, 6.07) is 3.89. The van der Waals surface area contributed by atoms with Crippen LogP contribution in [0, 0.1) is 0 Å². The van der Waals surface area contributed by atoms with Gasteiger partial charge in [-0.2, -0.15) is 0 Å². The van der Waals surface area contributed by atoms with Gasteiger partial charge in [-0.1, -0.05) is 11.6 Å². The first-order chi connectivity index (χ1) is 7.79. The van der Waals surface area contributed by atoms with E-state index >= 15 is 0 Å². The second kappa shape index (κ2) is 3.75. The summed E-state index contributed by atoms with van der Waals surface area (Å²) in [5, 5.41) is 0.757. The maximum Gasteiger partial charge on any atom is 0.116 e. The minimum atomic E-state index is 0.628. The highest BCUT2D eigenvalue weighted by Gasteiger charge is 2.28. The molecule has 2 aromatic rings. The fourth-order valence-corrected chi connectivity index (χ4v) is 2.26. The van der Waals surface area contributed by atoms with E-state index in [0.717, 1.165) is 22.7 Å². The topological polar surface area (TPSA) is 43.3 Å². The third-order valence-electron chi connectivity index (χ3n) is 3.03. The molecule has 0 atom stereocenters. The van der Waals surface area contributed by atoms with Crippen molar-refractivity contribution >= 4 is 17.1 Å². The lowest BCUT2D eigenvalue weighted by atomic mass is 10.2. The first-order valence-electron chi connectivity index (χ1n) is 5.66. The fraction of sp³-hybridized carbons (Fsp3) is 0.417. The average molecular weight is 236 g/mol. The predicted octanol–water partition coefficient (Wildman–Crippen LogP) is 2.37. The van der Waals surface area contributed by atoms with E-state index in [1.54, 1.807) is 0 Å². The monoisotopic (exact) mass is 235 g/mol. The zero-order chi connectivity index (χ0) is 11.1. The van der Waals surface area contributed by atoms with Crippen molar-refractivity contribution in [2.45, 2.75) is 25.2 Å². The van der Waals surface area contributed by atoms with Crippen LogP contribution in [-0.2, 0) is 6.42 Å². The first-order valence-corrected chi connectivity index (χ1v) is 6.04. The van der Waals surface area contributed by atoms with Gasteiger partial charge in [0.2, 0.25) is 0 Å². The van der Waals surface area contributed by atoms with Crippen molar-refractivity contribution in [1.29, 1.82) is 0 Å². The maximum absolute atomic E-state index is 6.02. The van der Waals surface area contributed by atoms with Crippen LogP contribution in [0.2, 0.25) is 5.02 Å². The van der Waals surface area contributed by atoms with Crippen LogP contribution in [0.5, 0.6) is 0 Å². The van der Waals surface area contributed by atoms with Crippen molar-refractivity contribution < 1.29 is 0 Å². The van der Waals surface area contributed by atoms with E-state index < -0.39 is 0 Å². The quantitative estimate of drug-likeness (QED) is 0.888. The zero-order valence-electron chi connectivity index (χ0n) is 8.99. The Kier molecular flexibility index (Phi) is 2.37. The molecule has 0 unspecified atom stereocenters. The lowest BCUT2D eigenvalue weighted by molar-refractivity contribution is 0.891. The van der Waals surface area contributed by atoms with Gasteiger partial charge in [0.15, 0.2) is 0 Å². The van der Waals surface area contributed by atoms with Crippen LogP contribution in [0.3, 0.4) is 0 Å². The molecule has 3 nitrogen and oxygen atoms in total. The molecule has 1 aliphatic rings. The lowest BCUT2D eigenvalue weighted by Gasteiger charge is -1.99. The van der Waals surface area contributed by atoms with Gasteiger partial charge in [0.1, 0.15) is 5.82 Å². The zero-order valence-corrected chi connectivity index (χ0v) is 9.74. The molecule has 2 aromatic heterocycles. The number of rotatable bonds is 3. The summed E-state index contributed by atoms with van der Waals surface area (Å²) in [6.45, 7) is 0.628. The molecule has 1 fully saturated rings. The predicted molar refractivity (Wildman–Crippen MR) is 64.9 cm³/mol. The summed E-state index contributed by atoms with van der Waals surface area (Å²) in [6.07, 6.45) is 5.34. The Labute approximate surface area is 99.2 Å². The van der Waals surface area contributed by atoms with E-state index in [4.69, 9.17) is 22.3 Å². The molecule has 2 N–H and O–H groups in total. The Hall–Kier alpha value is -1.06. The van der Waals surface area contributed by atoms with E-state index in [2.05, 4.69) is 4.40 Å². The molecule has 1 saturated carbocycles. The average Bonchev–Trinajstić information content (AvgIpc) is 3.04. The molecule has 0 aliphatic heterocycles. The Morgan fingerprint density at radius 3 is 3.00 bits per heavy atom. The van der Waals surface area contributed by atoms with Crippen molar-refractivity contribution in [3.05, 3.63) is 34.9 Å². The van der Waals surface area contributed by atoms with Crippen LogP contribution in [0.4, 0.5) is 0 Å². The van der Waals surface area contributed by atoms with Crippen molar-refractivity contribution in [1.82, 2.24) is 9.38 Å². The van der Waals surface area contributed by atoms with Gasteiger partial charge in [0, 0.05) is 23.6 Å². The van der Waals surface area contributed by atoms with Crippen LogP contribution in [0.25, 0.3) is 5.52 Å². The summed E-state index contributed by atoms with van der Waals surface area (Å²) >= 11 is 6.02. The molecule has 0 spiro atoms. The van der Waals surface area contributed by atoms with Gasteiger partial charge in [-0.05, 0) is 31.5 Å². The van der Waals surface area contributed by atoms with Crippen LogP contribution < -0.4 is 5.73 Å². The van der Waals surface area contributed by atoms with Gasteiger partial charge < -0.3 is 10.1 Å². The highest BCUT2D eigenvalue weighted by Crippen LogP contribution is 2.40. The highest BCUT2D eigenvalue weighted by atomic mass is 35.5. The van der Waals surface area contributed by atoms with Crippen molar-refractivity contribution in [2.24, 2.45) is 5.73 Å². The standard InChI is InChI=1S/C12H14ClN3/c13-9-4-6-16-11(7-9)10(3-5-14)15-12(16)8-1-2-8/h4,6-8H,1-3,5,14H2. The van der Waals surface area contributed by atoms with Crippen molar-refractivity contribution in [3.63, 3.8) is 0 Å². The summed E-state index contributed by atoms with van der Waals surface area (Å²) in [4.78, 5) is 4.71. The Balaban J connectivity index is 2.20. The molecule has 0 bridgehead atoms. The molecule has 1 aliphatic carbocycles. The van der Waals surface area contributed by atoms with Crippen LogP contribution in [-0.4, -0.2) is 15.9 Å². The largest absolute Gasteiger partial charge is 0.330 e. The maximum atomic E-state index is 6.02. The van der Waals surface area contributed by atoms with Gasteiger partial charge >= 0.3 is 0 Å². The van der Waals surface area contributed by atoms with Crippen molar-refractivity contribution in [2.75, 3.05) is 6.54 Å². The summed E-state index contributed by atoms with van der Waals surface area (Å²) < 4.78 is 2.16. The Morgan fingerprint density at radius 1 is 1.50 bits per heavy atom. The number of aromatic nitrogens is 2. The Bertz CT molecular complexity index is 528. The minimum Gasteiger partial charge on any atom is -0.330 e. The van der Waals surface area contributed by atoms with Gasteiger partial charge in [0.05, 0.1) is 11.2 Å². The molecule has 0 aromatic carbocycles. The number of halogens is 1. The molecular weight excluding hydrogens is 222 g/mol. The van der Waals surface area contributed by atoms with Gasteiger partial charge in [-0.3, -0.25) is 0 Å². The van der Waals surface area contributed by atoms with Crippen LogP contribution >= 0.6 is 11.6 Å². The number of hydrogen-bond donors (Lipinski definition) is 1. The number of nitrogens with two attached hydrogens (primary N) is 1. The SMILES string of the molecule is NCCc1nc(C2CC2)n2ccc(Cl)cc12. The smallest absolute Gasteiger partial charge is 0.116 e. The second-order valence-corrected chi connectivity index (χ2v) is 4.77. The van der Waals surface area contributed by atoms with Crippen LogP contribution in [0.15, 0.2) is 18.3 Å². The number of pyridine rings is 1. The van der Waals surface area contributed by atoms with Crippen molar-refractivity contribution in [3.8, 4) is 0 Å². The van der Waals surface area contributed by atoms with E-state index in [1.165, 1.54) is 18.7 Å². The molecule has 0 radical (unpaired) electrons. The number of fused-ring (bicyclic) bond motifs is 1. The number of hydrogen-bond acceptors (Lipinski definition) is 2. The summed E-state index contributed by atoms with van der Waals surface area (Å²) in [5.74, 6) is 1.82. The van der Waals surface area contributed by atoms with E-state index in [0.29, 0.717) is 12.5 Å². The molecule has 84 valence electrons. The highest BCUT2D eigenvalue weighted by molar-refractivity contribution is 6.30. The molecular formula is C12H14ClN3. The van der Waals surface area contributed by atoms with E-state index in [9.17, 15) is 0 Å². The van der Waals surface area contributed by atoms with Gasteiger partial charge in [0.25, 0.3) is 0 Å². The van der Waals surface area contributed by atoms with E-state index in [-0.39, 0.29) is 0 Å². The summed E-state index contributed by atoms with van der Waals surface area (Å²) in [5.41, 5.74) is 7.80. The molecule has 3 rings (SSSR count). The molecule has 0 saturated heterocycles. The van der Waals surface area contributed by atoms with Gasteiger partial charge in [-0.15, -0.1) is 0 Å². The normalized spacial score (nSPS) is 15.9. The molecule has 2 heterocycles. The first kappa shape index (κ1) is 10.1. The van der Waals surface area contributed by atoms with E-state index in [1.807, 2.05) is 18.3 Å². The molecule has 0 amide bonds. The van der Waals surface area contributed by atoms with Gasteiger partial charge in [-0.25, -0.2) is 4.98 Å². The fourth-order valence-electron chi connectivity index (χ4n) is 2.10.